The predicted molar refractivity (Wildman–Crippen MR) is 102 cm³/mol. The van der Waals surface area contributed by atoms with Crippen molar-refractivity contribution in [2.75, 3.05) is 25.0 Å². The first-order valence-corrected chi connectivity index (χ1v) is 8.34. The highest BCUT2D eigenvalue weighted by molar-refractivity contribution is 6.31. The number of ether oxygens (including phenoxy) is 1. The molecule has 0 radical (unpaired) electrons. The van der Waals surface area contributed by atoms with Crippen molar-refractivity contribution in [3.8, 4) is 11.5 Å². The van der Waals surface area contributed by atoms with Crippen molar-refractivity contribution in [1.29, 1.82) is 0 Å². The van der Waals surface area contributed by atoms with Gasteiger partial charge in [0.1, 0.15) is 11.4 Å². The van der Waals surface area contributed by atoms with E-state index in [1.165, 1.54) is 6.07 Å². The summed E-state index contributed by atoms with van der Waals surface area (Å²) in [5, 5.41) is 26.7. The zero-order chi connectivity index (χ0) is 17.8. The summed E-state index contributed by atoms with van der Waals surface area (Å²) in [6.45, 7) is 0.813. The Morgan fingerprint density at radius 3 is 2.81 bits per heavy atom. The lowest BCUT2D eigenvalue weighted by atomic mass is 10.0. The second kappa shape index (κ2) is 9.09. The van der Waals surface area contributed by atoms with Crippen LogP contribution < -0.4 is 15.4 Å². The normalized spacial score (nSPS) is 13.8. The molecular weight excluding hydrogens is 379 g/mol. The van der Waals surface area contributed by atoms with Crippen molar-refractivity contribution < 1.29 is 19.7 Å². The minimum absolute atomic E-state index is 0. The van der Waals surface area contributed by atoms with E-state index in [1.54, 1.807) is 6.07 Å². The lowest BCUT2D eigenvalue weighted by Crippen LogP contribution is -2.28. The standard InChI is InChI=1S/C18H19ClN2O4.ClH/c19-13-4-2-1-3-11(13)7-8-20-9-15(23)12-5-6-14(22)17-18(12)25-10-16(24)21-17;/h1-6,15,20,22-23H,7-10H2,(H,21,24);1H. The lowest BCUT2D eigenvalue weighted by molar-refractivity contribution is -0.118. The Kier molecular flexibility index (Phi) is 7.11. The number of rotatable bonds is 6. The summed E-state index contributed by atoms with van der Waals surface area (Å²) in [6.07, 6.45) is -0.0947. The summed E-state index contributed by atoms with van der Waals surface area (Å²) >= 11 is 6.12. The Labute approximate surface area is 162 Å². The van der Waals surface area contributed by atoms with Crippen LogP contribution in [0, 0.1) is 0 Å². The number of amides is 1. The average Bonchev–Trinajstić information content (AvgIpc) is 2.60. The van der Waals surface area contributed by atoms with Crippen LogP contribution in [0.15, 0.2) is 36.4 Å². The highest BCUT2D eigenvalue weighted by Crippen LogP contribution is 2.41. The van der Waals surface area contributed by atoms with Gasteiger partial charge >= 0.3 is 0 Å². The van der Waals surface area contributed by atoms with Gasteiger partial charge in [-0.3, -0.25) is 4.79 Å². The van der Waals surface area contributed by atoms with Gasteiger partial charge in [-0.2, -0.15) is 0 Å². The molecule has 0 saturated carbocycles. The Morgan fingerprint density at radius 2 is 2.04 bits per heavy atom. The van der Waals surface area contributed by atoms with Gasteiger partial charge < -0.3 is 25.6 Å². The highest BCUT2D eigenvalue weighted by Gasteiger charge is 2.25. The molecular formula is C18H20Cl2N2O4. The van der Waals surface area contributed by atoms with Crippen molar-refractivity contribution in [1.82, 2.24) is 5.32 Å². The highest BCUT2D eigenvalue weighted by atomic mass is 35.5. The molecule has 0 aromatic heterocycles. The minimum atomic E-state index is -0.837. The number of benzene rings is 2. The molecule has 8 heteroatoms. The molecule has 0 spiro atoms. The van der Waals surface area contributed by atoms with E-state index in [-0.39, 0.29) is 36.4 Å². The second-order valence-corrected chi connectivity index (χ2v) is 6.18. The van der Waals surface area contributed by atoms with E-state index < -0.39 is 6.10 Å². The molecule has 0 fully saturated rings. The molecule has 6 nitrogen and oxygen atoms in total. The summed E-state index contributed by atoms with van der Waals surface area (Å²) in [5.74, 6) is -0.127. The monoisotopic (exact) mass is 398 g/mol. The SMILES string of the molecule is Cl.O=C1COc2c(C(O)CNCCc3ccccc3Cl)ccc(O)c2N1. The van der Waals surface area contributed by atoms with Gasteiger partial charge in [0.05, 0.1) is 6.10 Å². The second-order valence-electron chi connectivity index (χ2n) is 5.78. The lowest BCUT2D eigenvalue weighted by Gasteiger charge is -2.24. The van der Waals surface area contributed by atoms with E-state index >= 15 is 0 Å². The van der Waals surface area contributed by atoms with Crippen LogP contribution in [0.25, 0.3) is 0 Å². The van der Waals surface area contributed by atoms with E-state index in [9.17, 15) is 15.0 Å². The topological polar surface area (TPSA) is 90.8 Å². The van der Waals surface area contributed by atoms with Crippen LogP contribution in [0.2, 0.25) is 5.02 Å². The number of hydrogen-bond acceptors (Lipinski definition) is 5. The zero-order valence-electron chi connectivity index (χ0n) is 13.9. The first kappa shape index (κ1) is 20.3. The number of aliphatic hydroxyl groups excluding tert-OH is 1. The van der Waals surface area contributed by atoms with Crippen molar-refractivity contribution >= 4 is 35.6 Å². The molecule has 1 atom stereocenters. The van der Waals surface area contributed by atoms with Crippen LogP contribution in [0.5, 0.6) is 11.5 Å². The summed E-state index contributed by atoms with van der Waals surface area (Å²) in [4.78, 5) is 11.4. The first-order valence-electron chi connectivity index (χ1n) is 7.97. The van der Waals surface area contributed by atoms with Crippen LogP contribution in [0.1, 0.15) is 17.2 Å². The van der Waals surface area contributed by atoms with Crippen molar-refractivity contribution in [3.05, 3.63) is 52.5 Å². The number of carbonyl (C=O) groups excluding carboxylic acids is 1. The minimum Gasteiger partial charge on any atom is -0.506 e. The Hall–Kier alpha value is -1.99. The van der Waals surface area contributed by atoms with Crippen molar-refractivity contribution in [2.24, 2.45) is 0 Å². The smallest absolute Gasteiger partial charge is 0.262 e. The van der Waals surface area contributed by atoms with Crippen molar-refractivity contribution in [3.63, 3.8) is 0 Å². The van der Waals surface area contributed by atoms with Gasteiger partial charge in [-0.05, 0) is 36.7 Å². The number of carbonyl (C=O) groups is 1. The van der Waals surface area contributed by atoms with Crippen LogP contribution in [-0.4, -0.2) is 35.8 Å². The molecule has 1 unspecified atom stereocenters. The van der Waals surface area contributed by atoms with Crippen LogP contribution >= 0.6 is 24.0 Å². The molecule has 26 heavy (non-hydrogen) atoms. The Balaban J connectivity index is 0.00000243. The molecule has 0 saturated heterocycles. The molecule has 1 amide bonds. The van der Waals surface area contributed by atoms with Gasteiger partial charge in [0.15, 0.2) is 12.4 Å². The molecule has 2 aromatic rings. The van der Waals surface area contributed by atoms with E-state index in [4.69, 9.17) is 16.3 Å². The fraction of sp³-hybridized carbons (Fsp3) is 0.278. The Bertz CT molecular complexity index is 786. The number of aliphatic hydroxyl groups is 1. The number of anilines is 1. The predicted octanol–water partition coefficient (Wildman–Crippen LogP) is 2.66. The van der Waals surface area contributed by atoms with Gasteiger partial charge in [-0.25, -0.2) is 0 Å². The largest absolute Gasteiger partial charge is 0.506 e. The third-order valence-corrected chi connectivity index (χ3v) is 4.37. The van der Waals surface area contributed by atoms with Crippen LogP contribution in [0.4, 0.5) is 5.69 Å². The number of phenols is 1. The summed E-state index contributed by atoms with van der Waals surface area (Å²) in [7, 11) is 0. The number of hydrogen-bond donors (Lipinski definition) is 4. The van der Waals surface area contributed by atoms with E-state index in [0.717, 1.165) is 17.0 Å². The number of fused-ring (bicyclic) bond motifs is 1. The molecule has 0 aliphatic carbocycles. The summed E-state index contributed by atoms with van der Waals surface area (Å²) in [5.41, 5.74) is 1.75. The molecule has 140 valence electrons. The van der Waals surface area contributed by atoms with Gasteiger partial charge in [0, 0.05) is 17.1 Å². The van der Waals surface area contributed by atoms with Gasteiger partial charge in [0.2, 0.25) is 0 Å². The molecule has 4 N–H and O–H groups in total. The number of aromatic hydroxyl groups is 1. The van der Waals surface area contributed by atoms with E-state index in [1.807, 2.05) is 24.3 Å². The van der Waals surface area contributed by atoms with Gasteiger partial charge in [-0.15, -0.1) is 12.4 Å². The first-order chi connectivity index (χ1) is 12.1. The molecule has 1 aliphatic rings. The van der Waals surface area contributed by atoms with Crippen molar-refractivity contribution in [2.45, 2.75) is 12.5 Å². The average molecular weight is 399 g/mol. The van der Waals surface area contributed by atoms with Crippen LogP contribution in [0.3, 0.4) is 0 Å². The van der Waals surface area contributed by atoms with Crippen LogP contribution in [-0.2, 0) is 11.2 Å². The maximum atomic E-state index is 11.4. The quantitative estimate of drug-likeness (QED) is 0.443. The number of halogens is 2. The summed E-state index contributed by atoms with van der Waals surface area (Å²) < 4.78 is 5.38. The fourth-order valence-corrected chi connectivity index (χ4v) is 2.94. The summed E-state index contributed by atoms with van der Waals surface area (Å²) in [6, 6.07) is 10.6. The maximum absolute atomic E-state index is 11.4. The molecule has 1 heterocycles. The van der Waals surface area contributed by atoms with E-state index in [2.05, 4.69) is 10.6 Å². The molecule has 3 rings (SSSR count). The molecule has 1 aliphatic heterocycles. The molecule has 2 aromatic carbocycles. The third kappa shape index (κ3) is 4.59. The van der Waals surface area contributed by atoms with Gasteiger partial charge in [-0.1, -0.05) is 29.8 Å². The maximum Gasteiger partial charge on any atom is 0.262 e. The Morgan fingerprint density at radius 1 is 1.27 bits per heavy atom. The van der Waals surface area contributed by atoms with Gasteiger partial charge in [0.25, 0.3) is 5.91 Å². The third-order valence-electron chi connectivity index (χ3n) is 4.00. The number of phenolic OH excluding ortho intramolecular Hbond substituents is 1. The molecule has 0 bridgehead atoms. The zero-order valence-corrected chi connectivity index (χ0v) is 15.4. The van der Waals surface area contributed by atoms with E-state index in [0.29, 0.717) is 24.4 Å². The number of nitrogens with one attached hydrogen (secondary N) is 2. The fourth-order valence-electron chi connectivity index (χ4n) is 2.71.